The van der Waals surface area contributed by atoms with E-state index in [1.807, 2.05) is 37.3 Å². The number of amides is 2. The van der Waals surface area contributed by atoms with E-state index in [-0.39, 0.29) is 42.1 Å². The Hall–Kier alpha value is -4.05. The average Bonchev–Trinajstić information content (AvgIpc) is 3.60. The molecule has 11 heteroatoms. The molecule has 0 bridgehead atoms. The molecular weight excluding hydrogens is 681 g/mol. The number of sulfonamides is 1. The lowest BCUT2D eigenvalue weighted by molar-refractivity contribution is -0.140. The second kappa shape index (κ2) is 16.6. The fourth-order valence-electron chi connectivity index (χ4n) is 6.07. The van der Waals surface area contributed by atoms with Crippen molar-refractivity contribution < 1.29 is 22.7 Å². The molecule has 1 aliphatic carbocycles. The fraction of sp³-hybridized carbons (Fsp3) is 0.316. The van der Waals surface area contributed by atoms with Crippen molar-refractivity contribution >= 4 is 50.7 Å². The largest absolute Gasteiger partial charge is 0.492 e. The summed E-state index contributed by atoms with van der Waals surface area (Å²) in [6.45, 7) is 3.19. The number of benzene rings is 4. The summed E-state index contributed by atoms with van der Waals surface area (Å²) in [6, 6.07) is 26.6. The van der Waals surface area contributed by atoms with E-state index in [1.54, 1.807) is 61.5 Å². The molecule has 0 aromatic heterocycles. The van der Waals surface area contributed by atoms with Crippen molar-refractivity contribution in [1.29, 1.82) is 0 Å². The Morgan fingerprint density at radius 1 is 0.878 bits per heavy atom. The van der Waals surface area contributed by atoms with Crippen LogP contribution in [0.4, 0.5) is 5.69 Å². The standard InChI is InChI=1S/C38H41Cl2N3O5S/c1-3-48-36-19-10-9-18-34(36)43(49(46,47)30-22-20-27(2)21-23-30)26-37(44)42(25-31-32(39)16-11-17-33(31)40)35(24-28-12-5-4-6-13-28)38(45)41-29-14-7-8-15-29/h4-6,9-13,16-23,29,35H,3,7-8,14-15,24-26H2,1-2H3,(H,41,45)/t35-/m1/s1. The zero-order valence-electron chi connectivity index (χ0n) is 27.6. The Kier molecular flexibility index (Phi) is 12.3. The van der Waals surface area contributed by atoms with Crippen LogP contribution in [0.25, 0.3) is 0 Å². The first-order valence-electron chi connectivity index (χ1n) is 16.5. The molecule has 0 unspecified atom stereocenters. The van der Waals surface area contributed by atoms with Crippen molar-refractivity contribution in [2.75, 3.05) is 17.5 Å². The van der Waals surface area contributed by atoms with Gasteiger partial charge < -0.3 is 15.0 Å². The molecule has 2 amide bonds. The third-order valence-corrected chi connectivity index (χ3v) is 11.2. The molecule has 258 valence electrons. The Morgan fingerprint density at radius 3 is 2.16 bits per heavy atom. The van der Waals surface area contributed by atoms with Gasteiger partial charge in [-0.05, 0) is 68.7 Å². The maximum Gasteiger partial charge on any atom is 0.264 e. The molecule has 1 atom stereocenters. The zero-order valence-corrected chi connectivity index (χ0v) is 30.0. The van der Waals surface area contributed by atoms with Crippen molar-refractivity contribution in [3.63, 3.8) is 0 Å². The summed E-state index contributed by atoms with van der Waals surface area (Å²) in [5.74, 6) is -0.635. The Morgan fingerprint density at radius 2 is 1.51 bits per heavy atom. The van der Waals surface area contributed by atoms with E-state index in [2.05, 4.69) is 5.32 Å². The molecule has 0 spiro atoms. The third-order valence-electron chi connectivity index (χ3n) is 8.68. The number of aryl methyl sites for hydroxylation is 1. The van der Waals surface area contributed by atoms with Crippen molar-refractivity contribution in [3.05, 3.63) is 124 Å². The third kappa shape index (κ3) is 8.95. The summed E-state index contributed by atoms with van der Waals surface area (Å²) in [7, 11) is -4.30. The van der Waals surface area contributed by atoms with Gasteiger partial charge in [-0.3, -0.25) is 13.9 Å². The highest BCUT2D eigenvalue weighted by Gasteiger charge is 2.37. The number of ether oxygens (including phenoxy) is 1. The number of carbonyl (C=O) groups excluding carboxylic acids is 2. The number of hydrogen-bond donors (Lipinski definition) is 1. The summed E-state index contributed by atoms with van der Waals surface area (Å²) >= 11 is 13.3. The van der Waals surface area contributed by atoms with Gasteiger partial charge in [0.1, 0.15) is 18.3 Å². The molecule has 0 heterocycles. The van der Waals surface area contributed by atoms with Crippen molar-refractivity contribution in [2.24, 2.45) is 0 Å². The minimum Gasteiger partial charge on any atom is -0.492 e. The minimum absolute atomic E-state index is 0.0110. The lowest BCUT2D eigenvalue weighted by Gasteiger charge is -2.35. The van der Waals surface area contributed by atoms with E-state index < -0.39 is 28.5 Å². The first-order chi connectivity index (χ1) is 23.6. The van der Waals surface area contributed by atoms with Gasteiger partial charge >= 0.3 is 0 Å². The maximum atomic E-state index is 14.8. The monoisotopic (exact) mass is 721 g/mol. The number of anilines is 1. The van der Waals surface area contributed by atoms with Crippen LogP contribution in [0.2, 0.25) is 10.0 Å². The van der Waals surface area contributed by atoms with Crippen molar-refractivity contribution in [1.82, 2.24) is 10.2 Å². The number of nitrogens with one attached hydrogen (secondary N) is 1. The average molecular weight is 723 g/mol. The number of nitrogens with zero attached hydrogens (tertiary/aromatic N) is 2. The molecule has 1 aliphatic rings. The topological polar surface area (TPSA) is 96.0 Å². The Balaban J connectivity index is 1.62. The van der Waals surface area contributed by atoms with Gasteiger partial charge in [0.15, 0.2) is 0 Å². The molecule has 0 radical (unpaired) electrons. The van der Waals surface area contributed by atoms with Crippen LogP contribution in [0.3, 0.4) is 0 Å². The van der Waals surface area contributed by atoms with Gasteiger partial charge in [0.25, 0.3) is 10.0 Å². The van der Waals surface area contributed by atoms with Crippen LogP contribution >= 0.6 is 23.2 Å². The summed E-state index contributed by atoms with van der Waals surface area (Å²) in [5.41, 5.74) is 2.37. The summed E-state index contributed by atoms with van der Waals surface area (Å²) in [4.78, 5) is 30.5. The molecule has 0 saturated heterocycles. The normalized spacial score (nSPS) is 13.9. The highest BCUT2D eigenvalue weighted by atomic mass is 35.5. The van der Waals surface area contributed by atoms with E-state index in [0.717, 1.165) is 41.1 Å². The maximum absolute atomic E-state index is 14.8. The van der Waals surface area contributed by atoms with Gasteiger partial charge in [-0.15, -0.1) is 0 Å². The van der Waals surface area contributed by atoms with Crippen LogP contribution in [0.15, 0.2) is 102 Å². The summed E-state index contributed by atoms with van der Waals surface area (Å²) < 4.78 is 35.8. The molecule has 1 fully saturated rings. The molecular formula is C38H41Cl2N3O5S. The van der Waals surface area contributed by atoms with Crippen molar-refractivity contribution in [2.45, 2.75) is 69.5 Å². The molecule has 8 nitrogen and oxygen atoms in total. The van der Waals surface area contributed by atoms with Gasteiger partial charge in [0.05, 0.1) is 17.2 Å². The van der Waals surface area contributed by atoms with E-state index in [1.165, 1.54) is 17.0 Å². The first-order valence-corrected chi connectivity index (χ1v) is 18.7. The smallest absolute Gasteiger partial charge is 0.264 e. The number of halogens is 2. The van der Waals surface area contributed by atoms with Gasteiger partial charge in [0.2, 0.25) is 11.8 Å². The molecule has 0 aliphatic heterocycles. The van der Waals surface area contributed by atoms with Gasteiger partial charge in [0, 0.05) is 34.6 Å². The van der Waals surface area contributed by atoms with E-state index >= 15 is 0 Å². The number of rotatable bonds is 14. The van der Waals surface area contributed by atoms with Crippen LogP contribution < -0.4 is 14.4 Å². The fourth-order valence-corrected chi connectivity index (χ4v) is 8.01. The summed E-state index contributed by atoms with van der Waals surface area (Å²) in [6.07, 6.45) is 3.91. The SMILES string of the molecule is CCOc1ccccc1N(CC(=O)N(Cc1c(Cl)cccc1Cl)[C@H](Cc1ccccc1)C(=O)NC1CCCC1)S(=O)(=O)c1ccc(C)cc1. The van der Waals surface area contributed by atoms with Crippen LogP contribution in [0, 0.1) is 6.92 Å². The minimum atomic E-state index is -4.30. The number of carbonyl (C=O) groups is 2. The van der Waals surface area contributed by atoms with Crippen LogP contribution in [-0.4, -0.2) is 50.4 Å². The van der Waals surface area contributed by atoms with Crippen LogP contribution in [-0.2, 0) is 32.6 Å². The van der Waals surface area contributed by atoms with Gasteiger partial charge in [-0.25, -0.2) is 8.42 Å². The molecule has 4 aromatic rings. The summed E-state index contributed by atoms with van der Waals surface area (Å²) in [5, 5.41) is 3.82. The zero-order chi connectivity index (χ0) is 35.0. The molecule has 4 aromatic carbocycles. The Bertz CT molecular complexity index is 1830. The predicted molar refractivity (Wildman–Crippen MR) is 195 cm³/mol. The van der Waals surface area contributed by atoms with Gasteiger partial charge in [-0.1, -0.05) is 102 Å². The molecule has 49 heavy (non-hydrogen) atoms. The highest BCUT2D eigenvalue weighted by Crippen LogP contribution is 2.34. The van der Waals surface area contributed by atoms with E-state index in [9.17, 15) is 18.0 Å². The lowest BCUT2D eigenvalue weighted by Crippen LogP contribution is -2.54. The Labute approximate surface area is 299 Å². The lowest BCUT2D eigenvalue weighted by atomic mass is 10.0. The van der Waals surface area contributed by atoms with E-state index in [0.29, 0.717) is 21.4 Å². The van der Waals surface area contributed by atoms with E-state index in [4.69, 9.17) is 27.9 Å². The second-order valence-corrected chi connectivity index (χ2v) is 14.8. The number of hydrogen-bond acceptors (Lipinski definition) is 5. The van der Waals surface area contributed by atoms with Crippen molar-refractivity contribution in [3.8, 4) is 5.75 Å². The number of para-hydroxylation sites is 2. The van der Waals surface area contributed by atoms with Crippen LogP contribution in [0.5, 0.6) is 5.75 Å². The highest BCUT2D eigenvalue weighted by molar-refractivity contribution is 7.92. The van der Waals surface area contributed by atoms with Crippen LogP contribution in [0.1, 0.15) is 49.3 Å². The van der Waals surface area contributed by atoms with Gasteiger partial charge in [-0.2, -0.15) is 0 Å². The molecule has 5 rings (SSSR count). The first kappa shape index (κ1) is 36.2. The second-order valence-electron chi connectivity index (χ2n) is 12.1. The predicted octanol–water partition coefficient (Wildman–Crippen LogP) is 7.59. The molecule has 1 saturated carbocycles. The molecule has 1 N–H and O–H groups in total. The quantitative estimate of drug-likeness (QED) is 0.145.